The lowest BCUT2D eigenvalue weighted by Gasteiger charge is -2.20. The third kappa shape index (κ3) is 3.38. The zero-order chi connectivity index (χ0) is 16.1. The number of hydrogen-bond acceptors (Lipinski definition) is 5. The largest absolute Gasteiger partial charge is 0.341 e. The zero-order valence-electron chi connectivity index (χ0n) is 14.5. The molecule has 0 amide bonds. The van der Waals surface area contributed by atoms with Gasteiger partial charge in [-0.3, -0.25) is 0 Å². The summed E-state index contributed by atoms with van der Waals surface area (Å²) in [7, 11) is 0. The van der Waals surface area contributed by atoms with E-state index in [0.29, 0.717) is 0 Å². The fourth-order valence-electron chi connectivity index (χ4n) is 2.67. The molecule has 0 unspecified atom stereocenters. The summed E-state index contributed by atoms with van der Waals surface area (Å²) in [5.41, 5.74) is 2.81. The number of rotatable bonds is 8. The molecule has 0 bridgehead atoms. The predicted octanol–water partition coefficient (Wildman–Crippen LogP) is 2.32. The van der Waals surface area contributed by atoms with Crippen LogP contribution in [0.3, 0.4) is 0 Å². The van der Waals surface area contributed by atoms with E-state index in [0.717, 1.165) is 62.1 Å². The van der Waals surface area contributed by atoms with Gasteiger partial charge in [-0.1, -0.05) is 13.8 Å². The summed E-state index contributed by atoms with van der Waals surface area (Å²) < 4.78 is 2.15. The Morgan fingerprint density at radius 1 is 1.00 bits per heavy atom. The normalized spacial score (nSPS) is 11.5. The van der Waals surface area contributed by atoms with Crippen LogP contribution in [0.5, 0.6) is 0 Å². The van der Waals surface area contributed by atoms with Gasteiger partial charge in [0.05, 0.1) is 12.0 Å². The monoisotopic (exact) mass is 304 g/mol. The SMILES string of the molecule is CCN(CC)CCn1cnc2c(C)nc(N(CC)CC)nc21. The van der Waals surface area contributed by atoms with Crippen molar-refractivity contribution in [3.63, 3.8) is 0 Å². The molecule has 2 rings (SSSR count). The van der Waals surface area contributed by atoms with Crippen LogP contribution < -0.4 is 4.90 Å². The average molecular weight is 304 g/mol. The second-order valence-corrected chi connectivity index (χ2v) is 5.42. The first kappa shape index (κ1) is 16.7. The highest BCUT2D eigenvalue weighted by atomic mass is 15.3. The van der Waals surface area contributed by atoms with E-state index in [1.165, 1.54) is 0 Å². The molecule has 0 saturated heterocycles. The predicted molar refractivity (Wildman–Crippen MR) is 91.4 cm³/mol. The van der Waals surface area contributed by atoms with Crippen LogP contribution in [-0.2, 0) is 6.54 Å². The summed E-state index contributed by atoms with van der Waals surface area (Å²) in [5.74, 6) is 0.805. The van der Waals surface area contributed by atoms with E-state index >= 15 is 0 Å². The quantitative estimate of drug-likeness (QED) is 0.749. The maximum absolute atomic E-state index is 4.76. The fourth-order valence-corrected chi connectivity index (χ4v) is 2.67. The van der Waals surface area contributed by atoms with E-state index in [2.05, 4.69) is 52.0 Å². The fraction of sp³-hybridized carbons (Fsp3) is 0.688. The molecule has 2 heterocycles. The van der Waals surface area contributed by atoms with E-state index in [4.69, 9.17) is 4.98 Å². The van der Waals surface area contributed by atoms with Gasteiger partial charge in [0.1, 0.15) is 5.52 Å². The van der Waals surface area contributed by atoms with Gasteiger partial charge in [0.15, 0.2) is 5.65 Å². The number of aromatic nitrogens is 4. The molecule has 0 aliphatic carbocycles. The minimum absolute atomic E-state index is 0.805. The molecule has 0 atom stereocenters. The molecular weight excluding hydrogens is 276 g/mol. The third-order valence-corrected chi connectivity index (χ3v) is 4.22. The second-order valence-electron chi connectivity index (χ2n) is 5.42. The summed E-state index contributed by atoms with van der Waals surface area (Å²) >= 11 is 0. The summed E-state index contributed by atoms with van der Waals surface area (Å²) in [4.78, 5) is 18.5. The average Bonchev–Trinajstić information content (AvgIpc) is 2.93. The smallest absolute Gasteiger partial charge is 0.227 e. The molecule has 0 aliphatic heterocycles. The summed E-state index contributed by atoms with van der Waals surface area (Å²) in [5, 5.41) is 0. The standard InChI is InChI=1S/C16H28N6/c1-6-20(7-2)10-11-22-12-17-14-13(5)18-16(19-15(14)22)21(8-3)9-4/h12H,6-11H2,1-5H3. The van der Waals surface area contributed by atoms with Crippen LogP contribution in [0.25, 0.3) is 11.2 Å². The van der Waals surface area contributed by atoms with Gasteiger partial charge in [0, 0.05) is 26.2 Å². The molecule has 0 spiro atoms. The highest BCUT2D eigenvalue weighted by molar-refractivity contribution is 5.74. The molecule has 0 saturated carbocycles. The Balaban J connectivity index is 2.32. The van der Waals surface area contributed by atoms with Gasteiger partial charge in [0.2, 0.25) is 5.95 Å². The molecule has 6 heteroatoms. The van der Waals surface area contributed by atoms with Crippen molar-refractivity contribution in [1.82, 2.24) is 24.4 Å². The number of imidazole rings is 1. The Labute approximate surface area is 133 Å². The Bertz CT molecular complexity index is 598. The van der Waals surface area contributed by atoms with E-state index in [9.17, 15) is 0 Å². The number of anilines is 1. The number of likely N-dealkylation sites (N-methyl/N-ethyl adjacent to an activating group) is 1. The van der Waals surface area contributed by atoms with Gasteiger partial charge < -0.3 is 14.4 Å². The van der Waals surface area contributed by atoms with E-state index in [1.807, 2.05) is 13.3 Å². The van der Waals surface area contributed by atoms with E-state index in [1.54, 1.807) is 0 Å². The Kier molecular flexibility index (Phi) is 5.71. The lowest BCUT2D eigenvalue weighted by molar-refractivity contribution is 0.291. The van der Waals surface area contributed by atoms with Crippen LogP contribution in [0.15, 0.2) is 6.33 Å². The van der Waals surface area contributed by atoms with Gasteiger partial charge >= 0.3 is 0 Å². The van der Waals surface area contributed by atoms with Gasteiger partial charge in [0.25, 0.3) is 0 Å². The molecule has 2 aromatic heterocycles. The molecule has 0 N–H and O–H groups in total. The molecule has 22 heavy (non-hydrogen) atoms. The topological polar surface area (TPSA) is 50.1 Å². The number of nitrogens with zero attached hydrogens (tertiary/aromatic N) is 6. The molecule has 2 aromatic rings. The molecule has 6 nitrogen and oxygen atoms in total. The molecule has 0 aliphatic rings. The maximum Gasteiger partial charge on any atom is 0.227 e. The molecular formula is C16H28N6. The van der Waals surface area contributed by atoms with Gasteiger partial charge in [-0.25, -0.2) is 9.97 Å². The van der Waals surface area contributed by atoms with Crippen LogP contribution in [-0.4, -0.2) is 57.1 Å². The van der Waals surface area contributed by atoms with Crippen LogP contribution in [0, 0.1) is 6.92 Å². The first-order chi connectivity index (χ1) is 10.6. The van der Waals surface area contributed by atoms with Crippen molar-refractivity contribution in [2.75, 3.05) is 37.6 Å². The number of hydrogen-bond donors (Lipinski definition) is 0. The summed E-state index contributed by atoms with van der Waals surface area (Å²) in [6, 6.07) is 0. The Morgan fingerprint density at radius 3 is 2.27 bits per heavy atom. The van der Waals surface area contributed by atoms with Crippen LogP contribution >= 0.6 is 0 Å². The van der Waals surface area contributed by atoms with Gasteiger partial charge in [-0.15, -0.1) is 0 Å². The molecule has 122 valence electrons. The van der Waals surface area contributed by atoms with E-state index < -0.39 is 0 Å². The Morgan fingerprint density at radius 2 is 1.68 bits per heavy atom. The van der Waals surface area contributed by atoms with Crippen molar-refractivity contribution < 1.29 is 0 Å². The van der Waals surface area contributed by atoms with Crippen molar-refractivity contribution in [2.45, 2.75) is 41.2 Å². The van der Waals surface area contributed by atoms with Crippen LogP contribution in [0.1, 0.15) is 33.4 Å². The van der Waals surface area contributed by atoms with Gasteiger partial charge in [-0.2, -0.15) is 4.98 Å². The first-order valence-corrected chi connectivity index (χ1v) is 8.31. The first-order valence-electron chi connectivity index (χ1n) is 8.31. The van der Waals surface area contributed by atoms with Crippen molar-refractivity contribution >= 4 is 17.1 Å². The molecule has 0 radical (unpaired) electrons. The lowest BCUT2D eigenvalue weighted by Crippen LogP contribution is -2.27. The molecule has 0 fully saturated rings. The van der Waals surface area contributed by atoms with Crippen molar-refractivity contribution in [2.24, 2.45) is 0 Å². The third-order valence-electron chi connectivity index (χ3n) is 4.22. The minimum atomic E-state index is 0.805. The van der Waals surface area contributed by atoms with Crippen molar-refractivity contribution in [3.05, 3.63) is 12.0 Å². The molecule has 0 aromatic carbocycles. The Hall–Kier alpha value is -1.69. The van der Waals surface area contributed by atoms with Gasteiger partial charge in [-0.05, 0) is 33.9 Å². The van der Waals surface area contributed by atoms with Crippen molar-refractivity contribution in [3.8, 4) is 0 Å². The van der Waals surface area contributed by atoms with Crippen LogP contribution in [0.2, 0.25) is 0 Å². The lowest BCUT2D eigenvalue weighted by atomic mass is 10.4. The highest BCUT2D eigenvalue weighted by Crippen LogP contribution is 2.18. The van der Waals surface area contributed by atoms with Crippen LogP contribution in [0.4, 0.5) is 5.95 Å². The van der Waals surface area contributed by atoms with Crippen molar-refractivity contribution in [1.29, 1.82) is 0 Å². The summed E-state index contributed by atoms with van der Waals surface area (Å²) in [6.07, 6.45) is 1.89. The van der Waals surface area contributed by atoms with E-state index in [-0.39, 0.29) is 0 Å². The minimum Gasteiger partial charge on any atom is -0.341 e. The summed E-state index contributed by atoms with van der Waals surface area (Å²) in [6.45, 7) is 16.6. The highest BCUT2D eigenvalue weighted by Gasteiger charge is 2.14. The number of aryl methyl sites for hydroxylation is 1. The zero-order valence-corrected chi connectivity index (χ0v) is 14.5. The maximum atomic E-state index is 4.76. The number of fused-ring (bicyclic) bond motifs is 1. The second kappa shape index (κ2) is 7.54.